The molecule has 0 aliphatic rings. The average Bonchev–Trinajstić information content (AvgIpc) is 2.48. The zero-order chi connectivity index (χ0) is 13.1. The highest BCUT2D eigenvalue weighted by molar-refractivity contribution is 5.88. The Morgan fingerprint density at radius 3 is 2.32 bits per heavy atom. The van der Waals surface area contributed by atoms with Crippen molar-refractivity contribution in [1.29, 1.82) is 5.26 Å². The van der Waals surface area contributed by atoms with Crippen molar-refractivity contribution in [1.82, 2.24) is 0 Å². The molecule has 3 aromatic rings. The van der Waals surface area contributed by atoms with Crippen LogP contribution in [0.15, 0.2) is 66.7 Å². The number of ether oxygens (including phenoxy) is 1. The largest absolute Gasteiger partial charge is 0.455 e. The summed E-state index contributed by atoms with van der Waals surface area (Å²) >= 11 is 0. The minimum atomic E-state index is 0.537. The molecule has 0 aliphatic heterocycles. The number of fused-ring (bicyclic) bond motifs is 1. The Labute approximate surface area is 111 Å². The molecule has 0 bridgehead atoms. The van der Waals surface area contributed by atoms with Crippen LogP contribution in [0.2, 0.25) is 0 Å². The topological polar surface area (TPSA) is 33.0 Å². The van der Waals surface area contributed by atoms with Gasteiger partial charge in [-0.2, -0.15) is 5.26 Å². The maximum atomic E-state index is 9.08. The van der Waals surface area contributed by atoms with Gasteiger partial charge in [0.15, 0.2) is 0 Å². The summed E-state index contributed by atoms with van der Waals surface area (Å²) in [6.07, 6.45) is 0. The first-order valence-electron chi connectivity index (χ1n) is 6.03. The molecule has 2 heteroatoms. The summed E-state index contributed by atoms with van der Waals surface area (Å²) in [7, 11) is 0. The number of nitriles is 1. The van der Waals surface area contributed by atoms with Crippen LogP contribution in [0.1, 0.15) is 5.56 Å². The monoisotopic (exact) mass is 245 g/mol. The second-order valence-corrected chi connectivity index (χ2v) is 4.19. The number of nitrogens with zero attached hydrogens (tertiary/aromatic N) is 1. The molecule has 90 valence electrons. The molecule has 0 fully saturated rings. The number of hydrogen-bond acceptors (Lipinski definition) is 2. The SMILES string of the molecule is N#Cc1ccccc1Oc1cccc2ccccc12. The predicted octanol–water partition coefficient (Wildman–Crippen LogP) is 4.50. The fourth-order valence-corrected chi connectivity index (χ4v) is 2.05. The van der Waals surface area contributed by atoms with Crippen LogP contribution in [0.5, 0.6) is 11.5 Å². The smallest absolute Gasteiger partial charge is 0.145 e. The van der Waals surface area contributed by atoms with Gasteiger partial charge in [-0.05, 0) is 23.6 Å². The van der Waals surface area contributed by atoms with E-state index in [0.717, 1.165) is 16.5 Å². The Morgan fingerprint density at radius 2 is 1.42 bits per heavy atom. The van der Waals surface area contributed by atoms with Gasteiger partial charge in [-0.1, -0.05) is 48.5 Å². The lowest BCUT2D eigenvalue weighted by atomic mass is 10.1. The third kappa shape index (κ3) is 2.14. The van der Waals surface area contributed by atoms with E-state index in [2.05, 4.69) is 6.07 Å². The minimum absolute atomic E-state index is 0.537. The molecule has 0 N–H and O–H groups in total. The van der Waals surface area contributed by atoms with E-state index in [1.54, 1.807) is 12.1 Å². The zero-order valence-electron chi connectivity index (χ0n) is 10.2. The summed E-state index contributed by atoms with van der Waals surface area (Å²) in [5.74, 6) is 1.35. The van der Waals surface area contributed by atoms with Gasteiger partial charge < -0.3 is 4.74 Å². The number of para-hydroxylation sites is 1. The van der Waals surface area contributed by atoms with Gasteiger partial charge in [-0.15, -0.1) is 0 Å². The lowest BCUT2D eigenvalue weighted by Gasteiger charge is -2.09. The molecule has 0 aromatic heterocycles. The molecular weight excluding hydrogens is 234 g/mol. The number of benzene rings is 3. The van der Waals surface area contributed by atoms with Crippen LogP contribution in [-0.2, 0) is 0 Å². The first-order chi connectivity index (χ1) is 9.38. The molecule has 0 amide bonds. The van der Waals surface area contributed by atoms with Crippen LogP contribution >= 0.6 is 0 Å². The van der Waals surface area contributed by atoms with Gasteiger partial charge in [0, 0.05) is 5.39 Å². The highest BCUT2D eigenvalue weighted by atomic mass is 16.5. The third-order valence-electron chi connectivity index (χ3n) is 2.98. The molecule has 0 saturated heterocycles. The van der Waals surface area contributed by atoms with Gasteiger partial charge in [-0.25, -0.2) is 0 Å². The summed E-state index contributed by atoms with van der Waals surface area (Å²) in [5, 5.41) is 11.2. The Bertz CT molecular complexity index is 766. The summed E-state index contributed by atoms with van der Waals surface area (Å²) in [4.78, 5) is 0. The number of hydrogen-bond donors (Lipinski definition) is 0. The number of rotatable bonds is 2. The van der Waals surface area contributed by atoms with E-state index in [0.29, 0.717) is 11.3 Å². The maximum absolute atomic E-state index is 9.08. The Balaban J connectivity index is 2.09. The quantitative estimate of drug-likeness (QED) is 0.665. The molecule has 2 nitrogen and oxygen atoms in total. The van der Waals surface area contributed by atoms with Gasteiger partial charge in [0.25, 0.3) is 0 Å². The van der Waals surface area contributed by atoms with Crippen molar-refractivity contribution in [3.8, 4) is 17.6 Å². The fraction of sp³-hybridized carbons (Fsp3) is 0. The van der Waals surface area contributed by atoms with E-state index in [1.165, 1.54) is 0 Å². The Morgan fingerprint density at radius 1 is 0.737 bits per heavy atom. The van der Waals surface area contributed by atoms with Crippen LogP contribution in [0.3, 0.4) is 0 Å². The lowest BCUT2D eigenvalue weighted by Crippen LogP contribution is -1.88. The van der Waals surface area contributed by atoms with Gasteiger partial charge in [0.05, 0.1) is 5.56 Å². The van der Waals surface area contributed by atoms with Crippen molar-refractivity contribution in [2.75, 3.05) is 0 Å². The predicted molar refractivity (Wildman–Crippen MR) is 75.2 cm³/mol. The third-order valence-corrected chi connectivity index (χ3v) is 2.98. The standard InChI is InChI=1S/C17H11NO/c18-12-14-7-2-4-10-16(14)19-17-11-5-8-13-6-1-3-9-15(13)17/h1-11H. The second-order valence-electron chi connectivity index (χ2n) is 4.19. The van der Waals surface area contributed by atoms with E-state index in [1.807, 2.05) is 54.6 Å². The van der Waals surface area contributed by atoms with Gasteiger partial charge in [0.2, 0.25) is 0 Å². The molecule has 0 atom stereocenters. The van der Waals surface area contributed by atoms with E-state index >= 15 is 0 Å². The molecule has 0 heterocycles. The van der Waals surface area contributed by atoms with Crippen LogP contribution in [0.4, 0.5) is 0 Å². The van der Waals surface area contributed by atoms with Crippen molar-refractivity contribution in [3.05, 3.63) is 72.3 Å². The molecule has 0 radical (unpaired) electrons. The molecule has 0 saturated carbocycles. The van der Waals surface area contributed by atoms with E-state index < -0.39 is 0 Å². The van der Waals surface area contributed by atoms with Crippen LogP contribution < -0.4 is 4.74 Å². The van der Waals surface area contributed by atoms with Crippen molar-refractivity contribution < 1.29 is 4.74 Å². The summed E-state index contributed by atoms with van der Waals surface area (Å²) < 4.78 is 5.89. The Hall–Kier alpha value is -2.79. The molecule has 0 aliphatic carbocycles. The van der Waals surface area contributed by atoms with Crippen molar-refractivity contribution in [2.24, 2.45) is 0 Å². The molecule has 3 rings (SSSR count). The maximum Gasteiger partial charge on any atom is 0.145 e. The Kier molecular flexibility index (Phi) is 2.88. The summed E-state index contributed by atoms with van der Waals surface area (Å²) in [6, 6.07) is 23.3. The van der Waals surface area contributed by atoms with Crippen LogP contribution in [0, 0.1) is 11.3 Å². The molecular formula is C17H11NO. The van der Waals surface area contributed by atoms with Crippen LogP contribution in [0.25, 0.3) is 10.8 Å². The normalized spacial score (nSPS) is 10.1. The molecule has 0 spiro atoms. The first-order valence-corrected chi connectivity index (χ1v) is 6.03. The summed E-state index contributed by atoms with van der Waals surface area (Å²) in [6.45, 7) is 0. The minimum Gasteiger partial charge on any atom is -0.455 e. The van der Waals surface area contributed by atoms with E-state index in [4.69, 9.17) is 10.00 Å². The van der Waals surface area contributed by atoms with Crippen molar-refractivity contribution in [2.45, 2.75) is 0 Å². The fourth-order valence-electron chi connectivity index (χ4n) is 2.05. The zero-order valence-corrected chi connectivity index (χ0v) is 10.2. The van der Waals surface area contributed by atoms with E-state index in [9.17, 15) is 0 Å². The van der Waals surface area contributed by atoms with Gasteiger partial charge in [0.1, 0.15) is 17.6 Å². The highest BCUT2D eigenvalue weighted by Crippen LogP contribution is 2.31. The molecule has 0 unspecified atom stereocenters. The highest BCUT2D eigenvalue weighted by Gasteiger charge is 2.06. The van der Waals surface area contributed by atoms with Crippen LogP contribution in [-0.4, -0.2) is 0 Å². The van der Waals surface area contributed by atoms with Crippen molar-refractivity contribution >= 4 is 10.8 Å². The van der Waals surface area contributed by atoms with Gasteiger partial charge >= 0.3 is 0 Å². The average molecular weight is 245 g/mol. The second kappa shape index (κ2) is 4.83. The first kappa shape index (κ1) is 11.3. The van der Waals surface area contributed by atoms with Gasteiger partial charge in [-0.3, -0.25) is 0 Å². The van der Waals surface area contributed by atoms with Crippen molar-refractivity contribution in [3.63, 3.8) is 0 Å². The summed E-state index contributed by atoms with van der Waals surface area (Å²) in [5.41, 5.74) is 0.537. The molecule has 3 aromatic carbocycles. The molecule has 19 heavy (non-hydrogen) atoms. The van der Waals surface area contributed by atoms with E-state index in [-0.39, 0.29) is 0 Å². The lowest BCUT2D eigenvalue weighted by molar-refractivity contribution is 0.487.